The summed E-state index contributed by atoms with van der Waals surface area (Å²) < 4.78 is 29.9. The van der Waals surface area contributed by atoms with E-state index in [0.29, 0.717) is 6.42 Å². The maximum atomic E-state index is 13.6. The molecule has 0 N–H and O–H groups in total. The summed E-state index contributed by atoms with van der Waals surface area (Å²) in [6.45, 7) is 3.96. The van der Waals surface area contributed by atoms with E-state index in [9.17, 15) is 9.36 Å². The van der Waals surface area contributed by atoms with Gasteiger partial charge >= 0.3 is 7.60 Å². The SMILES string of the molecule is CCOP(=O)(OCC)C(Cc1ccc(OC)cc1)N(C)C(=O)C=Cc1ccccc1. The molecule has 162 valence electrons. The van der Waals surface area contributed by atoms with E-state index in [4.69, 9.17) is 13.8 Å². The first-order valence-electron chi connectivity index (χ1n) is 9.95. The van der Waals surface area contributed by atoms with Crippen molar-refractivity contribution in [3.63, 3.8) is 0 Å². The number of hydrogen-bond donors (Lipinski definition) is 0. The molecule has 1 amide bonds. The molecule has 1 atom stereocenters. The van der Waals surface area contributed by atoms with Crippen LogP contribution < -0.4 is 4.74 Å². The van der Waals surface area contributed by atoms with Crippen molar-refractivity contribution in [1.29, 1.82) is 0 Å². The fourth-order valence-corrected chi connectivity index (χ4v) is 5.11. The Labute approximate surface area is 179 Å². The maximum Gasteiger partial charge on any atom is 0.353 e. The highest BCUT2D eigenvalue weighted by atomic mass is 31.2. The second-order valence-corrected chi connectivity index (χ2v) is 8.79. The summed E-state index contributed by atoms with van der Waals surface area (Å²) in [5, 5.41) is 0. The van der Waals surface area contributed by atoms with Crippen molar-refractivity contribution >= 4 is 19.6 Å². The van der Waals surface area contributed by atoms with Crippen molar-refractivity contribution in [2.75, 3.05) is 27.4 Å². The normalized spacial score (nSPS) is 12.7. The third-order valence-corrected chi connectivity index (χ3v) is 7.07. The Morgan fingerprint density at radius 1 is 1.03 bits per heavy atom. The van der Waals surface area contributed by atoms with Gasteiger partial charge in [-0.25, -0.2) is 0 Å². The molecule has 0 aliphatic heterocycles. The first-order valence-corrected chi connectivity index (χ1v) is 11.6. The number of hydrogen-bond acceptors (Lipinski definition) is 5. The zero-order valence-corrected chi connectivity index (χ0v) is 18.9. The molecule has 2 aromatic carbocycles. The van der Waals surface area contributed by atoms with Crippen molar-refractivity contribution in [2.24, 2.45) is 0 Å². The Hall–Kier alpha value is -2.40. The summed E-state index contributed by atoms with van der Waals surface area (Å²) in [6.07, 6.45) is 3.52. The van der Waals surface area contributed by atoms with Crippen LogP contribution in [0.4, 0.5) is 0 Å². The zero-order valence-electron chi connectivity index (χ0n) is 18.0. The summed E-state index contributed by atoms with van der Waals surface area (Å²) in [5.74, 6) is -0.320. The van der Waals surface area contributed by atoms with Crippen LogP contribution in [0.15, 0.2) is 60.7 Å². The summed E-state index contributed by atoms with van der Waals surface area (Å²) in [6, 6.07) is 17.0. The summed E-state index contributed by atoms with van der Waals surface area (Å²) >= 11 is 0. The molecule has 30 heavy (non-hydrogen) atoms. The molecule has 0 aliphatic rings. The molecule has 2 aromatic rings. The number of benzene rings is 2. The predicted octanol–water partition coefficient (Wildman–Crippen LogP) is 5.00. The first-order chi connectivity index (χ1) is 14.4. The maximum absolute atomic E-state index is 13.6. The molecular formula is C23H30NO5P. The average Bonchev–Trinajstić information content (AvgIpc) is 2.76. The fourth-order valence-electron chi connectivity index (χ4n) is 3.00. The lowest BCUT2D eigenvalue weighted by Gasteiger charge is -2.33. The smallest absolute Gasteiger partial charge is 0.353 e. The van der Waals surface area contributed by atoms with Gasteiger partial charge in [0.15, 0.2) is 0 Å². The molecule has 1 unspecified atom stereocenters. The minimum absolute atomic E-state index is 0.221. The van der Waals surface area contributed by atoms with Crippen molar-refractivity contribution in [3.8, 4) is 5.75 Å². The lowest BCUT2D eigenvalue weighted by Crippen LogP contribution is -2.38. The number of likely N-dealkylation sites (N-methyl/N-ethyl adjacent to an activating group) is 1. The minimum atomic E-state index is -3.58. The average molecular weight is 431 g/mol. The van der Waals surface area contributed by atoms with Crippen molar-refractivity contribution < 1.29 is 23.1 Å². The van der Waals surface area contributed by atoms with Crippen LogP contribution in [0, 0.1) is 0 Å². The van der Waals surface area contributed by atoms with Crippen LogP contribution in [0.3, 0.4) is 0 Å². The standard InChI is InChI=1S/C23H30NO5P/c1-5-28-30(26,29-6-2)23(18-20-12-15-21(27-4)16-13-20)24(3)22(25)17-14-19-10-8-7-9-11-19/h7-17,23H,5-6,18H2,1-4H3. The highest BCUT2D eigenvalue weighted by Crippen LogP contribution is 2.55. The number of carbonyl (C=O) groups excluding carboxylic acids is 1. The largest absolute Gasteiger partial charge is 0.497 e. The van der Waals surface area contributed by atoms with Gasteiger partial charge < -0.3 is 18.7 Å². The number of rotatable bonds is 11. The second kappa shape index (κ2) is 11.7. The van der Waals surface area contributed by atoms with Crippen LogP contribution in [0.2, 0.25) is 0 Å². The molecule has 6 nitrogen and oxygen atoms in total. The van der Waals surface area contributed by atoms with Crippen molar-refractivity contribution in [2.45, 2.75) is 26.1 Å². The van der Waals surface area contributed by atoms with Gasteiger partial charge in [0.2, 0.25) is 5.91 Å². The van der Waals surface area contributed by atoms with E-state index in [1.54, 1.807) is 34.1 Å². The zero-order chi connectivity index (χ0) is 22.0. The molecule has 0 heterocycles. The molecule has 0 spiro atoms. The van der Waals surface area contributed by atoms with E-state index in [2.05, 4.69) is 0 Å². The van der Waals surface area contributed by atoms with Crippen LogP contribution in [-0.2, 0) is 24.8 Å². The van der Waals surface area contributed by atoms with E-state index in [0.717, 1.165) is 16.9 Å². The van der Waals surface area contributed by atoms with Gasteiger partial charge in [-0.2, -0.15) is 0 Å². The summed E-state index contributed by atoms with van der Waals surface area (Å²) in [5.41, 5.74) is 1.80. The topological polar surface area (TPSA) is 65.1 Å². The van der Waals surface area contributed by atoms with Crippen molar-refractivity contribution in [1.82, 2.24) is 4.90 Å². The molecular weight excluding hydrogens is 401 g/mol. The summed E-state index contributed by atoms with van der Waals surface area (Å²) in [4.78, 5) is 14.3. The van der Waals surface area contributed by atoms with Crippen LogP contribution in [0.25, 0.3) is 6.08 Å². The van der Waals surface area contributed by atoms with Crippen LogP contribution in [0.1, 0.15) is 25.0 Å². The van der Waals surface area contributed by atoms with E-state index < -0.39 is 13.4 Å². The lowest BCUT2D eigenvalue weighted by molar-refractivity contribution is -0.125. The monoisotopic (exact) mass is 431 g/mol. The van der Waals surface area contributed by atoms with Gasteiger partial charge in [0.1, 0.15) is 11.5 Å². The predicted molar refractivity (Wildman–Crippen MR) is 120 cm³/mol. The molecule has 0 saturated heterocycles. The van der Waals surface area contributed by atoms with Gasteiger partial charge in [-0.05, 0) is 43.2 Å². The minimum Gasteiger partial charge on any atom is -0.497 e. The molecule has 0 fully saturated rings. The third-order valence-electron chi connectivity index (χ3n) is 4.57. The van der Waals surface area contributed by atoms with Crippen LogP contribution >= 0.6 is 7.60 Å². The van der Waals surface area contributed by atoms with Gasteiger partial charge in [-0.1, -0.05) is 42.5 Å². The number of carbonyl (C=O) groups is 1. The van der Waals surface area contributed by atoms with E-state index >= 15 is 0 Å². The highest BCUT2D eigenvalue weighted by molar-refractivity contribution is 7.54. The first kappa shape index (κ1) is 23.9. The number of nitrogens with zero attached hydrogens (tertiary/aromatic N) is 1. The number of amides is 1. The molecule has 0 aromatic heterocycles. The molecule has 0 aliphatic carbocycles. The lowest BCUT2D eigenvalue weighted by atomic mass is 10.1. The molecule has 0 radical (unpaired) electrons. The number of ether oxygens (including phenoxy) is 1. The van der Waals surface area contributed by atoms with E-state index in [-0.39, 0.29) is 19.1 Å². The van der Waals surface area contributed by atoms with E-state index in [1.165, 1.54) is 11.0 Å². The number of methoxy groups -OCH3 is 1. The van der Waals surface area contributed by atoms with Gasteiger partial charge in [-0.3, -0.25) is 9.36 Å². The van der Waals surface area contributed by atoms with Crippen LogP contribution in [0.5, 0.6) is 5.75 Å². The molecule has 0 saturated carbocycles. The second-order valence-electron chi connectivity index (χ2n) is 6.60. The van der Waals surface area contributed by atoms with Gasteiger partial charge in [-0.15, -0.1) is 0 Å². The Morgan fingerprint density at radius 3 is 2.17 bits per heavy atom. The summed E-state index contributed by atoms with van der Waals surface area (Å²) in [7, 11) is -0.359. The quantitative estimate of drug-likeness (QED) is 0.370. The van der Waals surface area contributed by atoms with E-state index in [1.807, 2.05) is 54.6 Å². The van der Waals surface area contributed by atoms with Gasteiger partial charge in [0.05, 0.1) is 20.3 Å². The molecule has 2 rings (SSSR count). The fraction of sp³-hybridized carbons (Fsp3) is 0.348. The Bertz CT molecular complexity index is 857. The Morgan fingerprint density at radius 2 is 1.63 bits per heavy atom. The highest BCUT2D eigenvalue weighted by Gasteiger charge is 2.40. The van der Waals surface area contributed by atoms with Gasteiger partial charge in [0, 0.05) is 19.5 Å². The third kappa shape index (κ3) is 6.56. The van der Waals surface area contributed by atoms with Crippen molar-refractivity contribution in [3.05, 3.63) is 71.8 Å². The molecule has 0 bridgehead atoms. The Kier molecular flexibility index (Phi) is 9.31. The Balaban J connectivity index is 2.31. The van der Waals surface area contributed by atoms with Gasteiger partial charge in [0.25, 0.3) is 0 Å². The molecule has 7 heteroatoms. The van der Waals surface area contributed by atoms with Crippen LogP contribution in [-0.4, -0.2) is 44.0 Å².